The molecular formula is C27H40N4O. The number of carbonyl (C=O) groups excluding carboxylic acids is 1. The number of unbranched alkanes of at least 4 members (excludes halogenated alkanes) is 8. The average molecular weight is 437 g/mol. The summed E-state index contributed by atoms with van der Waals surface area (Å²) in [5.74, 6) is 1.71. The fourth-order valence-electron chi connectivity index (χ4n) is 3.61. The van der Waals surface area contributed by atoms with Crippen LogP contribution in [0.15, 0.2) is 49.1 Å². The van der Waals surface area contributed by atoms with E-state index < -0.39 is 0 Å². The zero-order valence-electron chi connectivity index (χ0n) is 20.0. The standard InChI is InChI=1S/C27H40N4O/c1-3-5-7-9-13-21-30-23-19-28-26(30)16-12-11-15-25(32)17-18-27-29-20-24-31(27)22-14-10-8-6-4-2/h11-12,15-20,23-24H,3-10,13-14,21-22H2,1-2H3/b15-11+,16-12+,18-17+. The lowest BCUT2D eigenvalue weighted by Crippen LogP contribution is -2.00. The first-order valence-electron chi connectivity index (χ1n) is 12.3. The number of carbonyl (C=O) groups is 1. The van der Waals surface area contributed by atoms with Gasteiger partial charge in [0.25, 0.3) is 0 Å². The summed E-state index contributed by atoms with van der Waals surface area (Å²) in [6.45, 7) is 6.39. The van der Waals surface area contributed by atoms with Crippen molar-refractivity contribution in [3.8, 4) is 0 Å². The van der Waals surface area contributed by atoms with Crippen LogP contribution in [0.3, 0.4) is 0 Å². The average Bonchev–Trinajstić information content (AvgIpc) is 3.44. The van der Waals surface area contributed by atoms with E-state index in [-0.39, 0.29) is 5.78 Å². The van der Waals surface area contributed by atoms with Gasteiger partial charge in [-0.15, -0.1) is 0 Å². The molecule has 0 spiro atoms. The highest BCUT2D eigenvalue weighted by Gasteiger charge is 2.00. The zero-order valence-corrected chi connectivity index (χ0v) is 20.0. The van der Waals surface area contributed by atoms with Crippen molar-refractivity contribution in [1.29, 1.82) is 0 Å². The summed E-state index contributed by atoms with van der Waals surface area (Å²) in [5, 5.41) is 0. The van der Waals surface area contributed by atoms with Crippen LogP contribution in [0.25, 0.3) is 12.2 Å². The Morgan fingerprint density at radius 3 is 1.81 bits per heavy atom. The van der Waals surface area contributed by atoms with Crippen molar-refractivity contribution < 1.29 is 4.79 Å². The fourth-order valence-corrected chi connectivity index (χ4v) is 3.61. The van der Waals surface area contributed by atoms with Crippen LogP contribution in [0.5, 0.6) is 0 Å². The van der Waals surface area contributed by atoms with Crippen LogP contribution in [-0.4, -0.2) is 24.9 Å². The predicted octanol–water partition coefficient (Wildman–Crippen LogP) is 6.87. The third-order valence-corrected chi connectivity index (χ3v) is 5.51. The van der Waals surface area contributed by atoms with Crippen LogP contribution >= 0.6 is 0 Å². The number of aryl methyl sites for hydroxylation is 2. The summed E-state index contributed by atoms with van der Waals surface area (Å²) in [6.07, 6.45) is 30.7. The number of rotatable bonds is 17. The van der Waals surface area contributed by atoms with E-state index in [0.717, 1.165) is 31.2 Å². The Kier molecular flexibility index (Phi) is 12.8. The monoisotopic (exact) mass is 436 g/mol. The first-order chi connectivity index (χ1) is 15.7. The number of nitrogens with zero attached hydrogens (tertiary/aromatic N) is 4. The number of imidazole rings is 2. The second kappa shape index (κ2) is 16.0. The second-order valence-electron chi connectivity index (χ2n) is 8.24. The Labute approximate surface area is 194 Å². The number of hydrogen-bond acceptors (Lipinski definition) is 3. The maximum Gasteiger partial charge on any atom is 0.178 e. The lowest BCUT2D eigenvalue weighted by atomic mass is 10.1. The van der Waals surface area contributed by atoms with E-state index in [2.05, 4.69) is 32.9 Å². The van der Waals surface area contributed by atoms with Gasteiger partial charge < -0.3 is 9.13 Å². The lowest BCUT2D eigenvalue weighted by Gasteiger charge is -2.04. The quantitative estimate of drug-likeness (QED) is 0.154. The summed E-state index contributed by atoms with van der Waals surface area (Å²) in [4.78, 5) is 20.9. The molecule has 0 aliphatic heterocycles. The zero-order chi connectivity index (χ0) is 22.9. The first-order valence-corrected chi connectivity index (χ1v) is 12.3. The summed E-state index contributed by atoms with van der Waals surface area (Å²) in [5.41, 5.74) is 0. The van der Waals surface area contributed by atoms with Crippen molar-refractivity contribution in [3.05, 3.63) is 60.7 Å². The van der Waals surface area contributed by atoms with E-state index in [0.29, 0.717) is 0 Å². The van der Waals surface area contributed by atoms with Gasteiger partial charge >= 0.3 is 0 Å². The highest BCUT2D eigenvalue weighted by molar-refractivity contribution is 6.01. The molecule has 5 nitrogen and oxygen atoms in total. The molecule has 0 saturated heterocycles. The van der Waals surface area contributed by atoms with E-state index in [1.165, 1.54) is 57.8 Å². The van der Waals surface area contributed by atoms with Gasteiger partial charge in [0.1, 0.15) is 11.6 Å². The second-order valence-corrected chi connectivity index (χ2v) is 8.24. The predicted molar refractivity (Wildman–Crippen MR) is 134 cm³/mol. The van der Waals surface area contributed by atoms with Crippen LogP contribution in [0.4, 0.5) is 0 Å². The maximum absolute atomic E-state index is 12.2. The highest BCUT2D eigenvalue weighted by Crippen LogP contribution is 2.09. The minimum Gasteiger partial charge on any atom is -0.331 e. The van der Waals surface area contributed by atoms with Gasteiger partial charge in [0.15, 0.2) is 5.78 Å². The molecule has 5 heteroatoms. The third kappa shape index (κ3) is 10.1. The van der Waals surface area contributed by atoms with E-state index in [4.69, 9.17) is 0 Å². The minimum absolute atomic E-state index is 0.0496. The number of hydrogen-bond donors (Lipinski definition) is 0. The van der Waals surface area contributed by atoms with Crippen molar-refractivity contribution in [1.82, 2.24) is 19.1 Å². The Balaban J connectivity index is 1.76. The molecule has 174 valence electrons. The van der Waals surface area contributed by atoms with E-state index in [1.54, 1.807) is 30.5 Å². The summed E-state index contributed by atoms with van der Waals surface area (Å²) in [6, 6.07) is 0. The summed E-state index contributed by atoms with van der Waals surface area (Å²) < 4.78 is 4.28. The van der Waals surface area contributed by atoms with Gasteiger partial charge in [-0.1, -0.05) is 77.4 Å². The van der Waals surface area contributed by atoms with Crippen LogP contribution in [0.1, 0.15) is 89.7 Å². The van der Waals surface area contributed by atoms with Crippen molar-refractivity contribution in [2.75, 3.05) is 0 Å². The van der Waals surface area contributed by atoms with Crippen molar-refractivity contribution >= 4 is 17.9 Å². The fraction of sp³-hybridized carbons (Fsp3) is 0.519. The lowest BCUT2D eigenvalue weighted by molar-refractivity contribution is -0.110. The Morgan fingerprint density at radius 2 is 1.25 bits per heavy atom. The Morgan fingerprint density at radius 1 is 0.719 bits per heavy atom. The summed E-state index contributed by atoms with van der Waals surface area (Å²) >= 11 is 0. The molecule has 32 heavy (non-hydrogen) atoms. The normalized spacial score (nSPS) is 12.1. The molecule has 0 fully saturated rings. The highest BCUT2D eigenvalue weighted by atomic mass is 16.1. The molecule has 0 unspecified atom stereocenters. The molecule has 2 heterocycles. The Bertz CT molecular complexity index is 857. The minimum atomic E-state index is -0.0496. The first kappa shape index (κ1) is 25.6. The molecule has 0 radical (unpaired) electrons. The Hall–Kier alpha value is -2.69. The van der Waals surface area contributed by atoms with E-state index in [9.17, 15) is 4.79 Å². The summed E-state index contributed by atoms with van der Waals surface area (Å²) in [7, 11) is 0. The van der Waals surface area contributed by atoms with Crippen molar-refractivity contribution in [3.63, 3.8) is 0 Å². The number of aromatic nitrogens is 4. The molecule has 0 aromatic carbocycles. The van der Waals surface area contributed by atoms with Gasteiger partial charge in [-0.2, -0.15) is 0 Å². The molecule has 2 aromatic rings. The molecule has 0 bridgehead atoms. The van der Waals surface area contributed by atoms with E-state index in [1.807, 2.05) is 30.7 Å². The van der Waals surface area contributed by atoms with Gasteiger partial charge in [0, 0.05) is 37.9 Å². The topological polar surface area (TPSA) is 52.7 Å². The molecule has 0 atom stereocenters. The van der Waals surface area contributed by atoms with Crippen LogP contribution in [-0.2, 0) is 17.9 Å². The van der Waals surface area contributed by atoms with Crippen LogP contribution in [0, 0.1) is 0 Å². The van der Waals surface area contributed by atoms with E-state index >= 15 is 0 Å². The van der Waals surface area contributed by atoms with Gasteiger partial charge in [-0.05, 0) is 37.1 Å². The molecule has 0 amide bonds. The largest absolute Gasteiger partial charge is 0.331 e. The van der Waals surface area contributed by atoms with Crippen LogP contribution in [0.2, 0.25) is 0 Å². The molecule has 2 aromatic heterocycles. The maximum atomic E-state index is 12.2. The molecule has 0 aliphatic rings. The van der Waals surface area contributed by atoms with Crippen molar-refractivity contribution in [2.45, 2.75) is 91.1 Å². The number of ketones is 1. The molecule has 2 rings (SSSR count). The van der Waals surface area contributed by atoms with Gasteiger partial charge in [0.2, 0.25) is 0 Å². The van der Waals surface area contributed by atoms with Gasteiger partial charge in [0.05, 0.1) is 0 Å². The van der Waals surface area contributed by atoms with Gasteiger partial charge in [-0.3, -0.25) is 4.79 Å². The van der Waals surface area contributed by atoms with Crippen LogP contribution < -0.4 is 0 Å². The smallest absolute Gasteiger partial charge is 0.178 e. The molecular weight excluding hydrogens is 396 g/mol. The van der Waals surface area contributed by atoms with Gasteiger partial charge in [-0.25, -0.2) is 9.97 Å². The third-order valence-electron chi connectivity index (χ3n) is 5.51. The molecule has 0 aliphatic carbocycles. The molecule has 0 N–H and O–H groups in total. The number of allylic oxidation sites excluding steroid dienone is 4. The molecule has 0 saturated carbocycles. The van der Waals surface area contributed by atoms with Crippen molar-refractivity contribution in [2.24, 2.45) is 0 Å². The SMILES string of the molecule is CCCCCCCn1ccnc1/C=C/C=C/C(=O)/C=C/c1nccn1CCCCCCC.